The molecule has 0 aliphatic heterocycles. The number of hydrogen-bond acceptors (Lipinski definition) is 2. The molecule has 1 heterocycles. The van der Waals surface area contributed by atoms with E-state index in [4.69, 9.17) is 0 Å². The zero-order valence-corrected chi connectivity index (χ0v) is 11.1. The number of nitrogens with zero attached hydrogens (tertiary/aromatic N) is 2. The van der Waals surface area contributed by atoms with Gasteiger partial charge in [0.25, 0.3) is 5.91 Å². The van der Waals surface area contributed by atoms with Gasteiger partial charge >= 0.3 is 0 Å². The van der Waals surface area contributed by atoms with Gasteiger partial charge in [-0.25, -0.2) is 0 Å². The Balaban J connectivity index is 2.61. The average molecular weight is 242 g/mol. The van der Waals surface area contributed by atoms with Crippen LogP contribution in [0.3, 0.4) is 0 Å². The van der Waals surface area contributed by atoms with Gasteiger partial charge < -0.3 is 4.90 Å². The second kappa shape index (κ2) is 5.17. The predicted molar refractivity (Wildman–Crippen MR) is 73.7 cm³/mol. The molecule has 1 aromatic heterocycles. The number of aryl methyl sites for hydroxylation is 1. The smallest absolute Gasteiger partial charge is 0.256 e. The average Bonchev–Trinajstić information content (AvgIpc) is 2.39. The maximum absolute atomic E-state index is 12.5. The van der Waals surface area contributed by atoms with Crippen LogP contribution in [0.15, 0.2) is 30.6 Å². The summed E-state index contributed by atoms with van der Waals surface area (Å²) in [6.07, 6.45) is 3.48. The first-order valence-electron chi connectivity index (χ1n) is 6.31. The summed E-state index contributed by atoms with van der Waals surface area (Å²) in [5.74, 6) is 0.0624. The number of amides is 1. The zero-order valence-electron chi connectivity index (χ0n) is 11.1. The Morgan fingerprint density at radius 2 is 1.94 bits per heavy atom. The van der Waals surface area contributed by atoms with Crippen molar-refractivity contribution < 1.29 is 4.79 Å². The fourth-order valence-electron chi connectivity index (χ4n) is 2.27. The molecule has 3 nitrogen and oxygen atoms in total. The van der Waals surface area contributed by atoms with E-state index in [-0.39, 0.29) is 5.91 Å². The van der Waals surface area contributed by atoms with Crippen molar-refractivity contribution >= 4 is 16.7 Å². The van der Waals surface area contributed by atoms with E-state index in [1.54, 1.807) is 12.4 Å². The van der Waals surface area contributed by atoms with Crippen LogP contribution in [-0.2, 0) is 0 Å². The summed E-state index contributed by atoms with van der Waals surface area (Å²) >= 11 is 0. The molecular weight excluding hydrogens is 224 g/mol. The maximum Gasteiger partial charge on any atom is 0.256 e. The van der Waals surface area contributed by atoms with Crippen LogP contribution in [0, 0.1) is 6.92 Å². The summed E-state index contributed by atoms with van der Waals surface area (Å²) in [7, 11) is 0. The highest BCUT2D eigenvalue weighted by atomic mass is 16.2. The number of pyridine rings is 1. The fourth-order valence-corrected chi connectivity index (χ4v) is 2.27. The van der Waals surface area contributed by atoms with E-state index in [2.05, 4.69) is 4.98 Å². The van der Waals surface area contributed by atoms with Gasteiger partial charge in [-0.1, -0.05) is 18.2 Å². The molecule has 2 aromatic rings. The number of hydrogen-bond donors (Lipinski definition) is 0. The maximum atomic E-state index is 12.5. The highest BCUT2D eigenvalue weighted by molar-refractivity contribution is 6.07. The molecule has 0 aliphatic rings. The SMILES string of the molecule is CCN(CC)C(=O)c1cncc2cccc(C)c12. The molecule has 2 rings (SSSR count). The molecule has 18 heavy (non-hydrogen) atoms. The lowest BCUT2D eigenvalue weighted by molar-refractivity contribution is 0.0774. The number of aromatic nitrogens is 1. The quantitative estimate of drug-likeness (QED) is 0.829. The van der Waals surface area contributed by atoms with E-state index in [1.165, 1.54) is 0 Å². The lowest BCUT2D eigenvalue weighted by Gasteiger charge is -2.19. The van der Waals surface area contributed by atoms with Crippen molar-refractivity contribution in [2.45, 2.75) is 20.8 Å². The van der Waals surface area contributed by atoms with Gasteiger partial charge in [-0.2, -0.15) is 0 Å². The van der Waals surface area contributed by atoms with Crippen LogP contribution in [0.2, 0.25) is 0 Å². The third-order valence-corrected chi connectivity index (χ3v) is 3.27. The van der Waals surface area contributed by atoms with Crippen LogP contribution >= 0.6 is 0 Å². The van der Waals surface area contributed by atoms with Crippen molar-refractivity contribution in [3.8, 4) is 0 Å². The summed E-state index contributed by atoms with van der Waals surface area (Å²) in [5.41, 5.74) is 1.82. The van der Waals surface area contributed by atoms with E-state index >= 15 is 0 Å². The van der Waals surface area contributed by atoms with Crippen molar-refractivity contribution in [3.05, 3.63) is 41.7 Å². The molecule has 0 saturated carbocycles. The molecule has 0 atom stereocenters. The van der Waals surface area contributed by atoms with Gasteiger partial charge in [0.05, 0.1) is 5.56 Å². The summed E-state index contributed by atoms with van der Waals surface area (Å²) in [4.78, 5) is 18.5. The Labute approximate surface area is 107 Å². The number of rotatable bonds is 3. The molecule has 0 unspecified atom stereocenters. The summed E-state index contributed by atoms with van der Waals surface area (Å²) in [5, 5.41) is 2.04. The molecule has 94 valence electrons. The molecule has 0 fully saturated rings. The highest BCUT2D eigenvalue weighted by Crippen LogP contribution is 2.22. The van der Waals surface area contributed by atoms with Crippen molar-refractivity contribution in [1.82, 2.24) is 9.88 Å². The third-order valence-electron chi connectivity index (χ3n) is 3.27. The van der Waals surface area contributed by atoms with Crippen molar-refractivity contribution in [2.75, 3.05) is 13.1 Å². The molecule has 0 spiro atoms. The van der Waals surface area contributed by atoms with Crippen molar-refractivity contribution in [3.63, 3.8) is 0 Å². The zero-order chi connectivity index (χ0) is 13.1. The molecule has 0 radical (unpaired) electrons. The molecule has 0 aliphatic carbocycles. The predicted octanol–water partition coefficient (Wildman–Crippen LogP) is 3.03. The topological polar surface area (TPSA) is 33.2 Å². The van der Waals surface area contributed by atoms with Gasteiger partial charge in [0.1, 0.15) is 0 Å². The Kier molecular flexibility index (Phi) is 3.60. The number of carbonyl (C=O) groups excluding carboxylic acids is 1. The first-order chi connectivity index (χ1) is 8.69. The molecule has 3 heteroatoms. The van der Waals surface area contributed by atoms with Gasteiger partial charge in [0.15, 0.2) is 0 Å². The Morgan fingerprint density at radius 3 is 2.61 bits per heavy atom. The van der Waals surface area contributed by atoms with E-state index in [9.17, 15) is 4.79 Å². The van der Waals surface area contributed by atoms with Crippen LogP contribution < -0.4 is 0 Å². The lowest BCUT2D eigenvalue weighted by atomic mass is 10.0. The summed E-state index contributed by atoms with van der Waals surface area (Å²) in [6, 6.07) is 6.01. The molecule has 0 N–H and O–H groups in total. The minimum Gasteiger partial charge on any atom is -0.339 e. The fraction of sp³-hybridized carbons (Fsp3) is 0.333. The molecule has 1 amide bonds. The molecule has 0 bridgehead atoms. The monoisotopic (exact) mass is 242 g/mol. The van der Waals surface area contributed by atoms with Crippen LogP contribution in [0.4, 0.5) is 0 Å². The molecule has 1 aromatic carbocycles. The minimum absolute atomic E-state index is 0.0624. The van der Waals surface area contributed by atoms with Gasteiger partial charge in [0, 0.05) is 36.3 Å². The van der Waals surface area contributed by atoms with E-state index in [0.29, 0.717) is 5.56 Å². The standard InChI is InChI=1S/C15H18N2O/c1-4-17(5-2)15(18)13-10-16-9-12-8-6-7-11(3)14(12)13/h6-10H,4-5H2,1-3H3. The Hall–Kier alpha value is -1.90. The molecule has 0 saturated heterocycles. The third kappa shape index (κ3) is 2.08. The number of carbonyl (C=O) groups is 1. The first-order valence-corrected chi connectivity index (χ1v) is 6.31. The van der Waals surface area contributed by atoms with Gasteiger partial charge in [0.2, 0.25) is 0 Å². The Bertz CT molecular complexity index is 568. The van der Waals surface area contributed by atoms with Crippen LogP contribution in [-0.4, -0.2) is 28.9 Å². The van der Waals surface area contributed by atoms with Gasteiger partial charge in [-0.05, 0) is 26.3 Å². The largest absolute Gasteiger partial charge is 0.339 e. The number of fused-ring (bicyclic) bond motifs is 1. The number of benzene rings is 1. The van der Waals surface area contributed by atoms with Crippen LogP contribution in [0.25, 0.3) is 10.8 Å². The van der Waals surface area contributed by atoms with Gasteiger partial charge in [-0.3, -0.25) is 9.78 Å². The van der Waals surface area contributed by atoms with E-state index in [0.717, 1.165) is 29.4 Å². The van der Waals surface area contributed by atoms with E-state index < -0.39 is 0 Å². The minimum atomic E-state index is 0.0624. The summed E-state index contributed by atoms with van der Waals surface area (Å²) < 4.78 is 0. The first kappa shape index (κ1) is 12.6. The molecular formula is C15H18N2O. The van der Waals surface area contributed by atoms with Crippen LogP contribution in [0.1, 0.15) is 29.8 Å². The van der Waals surface area contributed by atoms with Crippen LogP contribution in [0.5, 0.6) is 0 Å². The highest BCUT2D eigenvalue weighted by Gasteiger charge is 2.16. The summed E-state index contributed by atoms with van der Waals surface area (Å²) in [6.45, 7) is 7.45. The van der Waals surface area contributed by atoms with E-state index in [1.807, 2.05) is 43.9 Å². The second-order valence-corrected chi connectivity index (χ2v) is 4.34. The normalized spacial score (nSPS) is 10.6. The van der Waals surface area contributed by atoms with Gasteiger partial charge in [-0.15, -0.1) is 0 Å². The Morgan fingerprint density at radius 1 is 1.22 bits per heavy atom. The second-order valence-electron chi connectivity index (χ2n) is 4.34. The van der Waals surface area contributed by atoms with Crippen molar-refractivity contribution in [1.29, 1.82) is 0 Å². The lowest BCUT2D eigenvalue weighted by Crippen LogP contribution is -2.30. The van der Waals surface area contributed by atoms with Crippen molar-refractivity contribution in [2.24, 2.45) is 0 Å².